The maximum absolute atomic E-state index is 12.8. The molecule has 0 aromatic heterocycles. The minimum Gasteiger partial charge on any atom is -0.507 e. The highest BCUT2D eigenvalue weighted by Gasteiger charge is 2.62. The number of benzene rings is 1. The molecule has 0 aliphatic rings. The number of carbonyl (C=O) groups is 1. The van der Waals surface area contributed by atoms with Crippen molar-refractivity contribution in [3.05, 3.63) is 28.8 Å². The Balaban J connectivity index is 3.75. The average molecular weight is 458 g/mol. The van der Waals surface area contributed by atoms with Gasteiger partial charge in [-0.3, -0.25) is 0 Å². The molecule has 1 rings (SSSR count). The lowest BCUT2D eigenvalue weighted by Gasteiger charge is -2.22. The lowest BCUT2D eigenvalue weighted by Crippen LogP contribution is -2.46. The van der Waals surface area contributed by atoms with Crippen LogP contribution in [0.4, 0.5) is 26.3 Å². The SMILES string of the molecule is COC(=O)c1cc(C)cc(CC(S(=O)(=O)C(F)(F)F)S(=O)(=O)C(F)(F)F)c1O. The van der Waals surface area contributed by atoms with Gasteiger partial charge in [-0.2, -0.15) is 26.3 Å². The molecule has 0 heterocycles. The summed E-state index contributed by atoms with van der Waals surface area (Å²) in [7, 11) is -12.9. The van der Waals surface area contributed by atoms with Gasteiger partial charge in [-0.15, -0.1) is 0 Å². The number of alkyl halides is 6. The quantitative estimate of drug-likeness (QED) is 0.532. The van der Waals surface area contributed by atoms with Crippen molar-refractivity contribution in [1.82, 2.24) is 0 Å². The normalized spacial score (nSPS) is 13.6. The van der Waals surface area contributed by atoms with Crippen LogP contribution in [0, 0.1) is 6.92 Å². The second-order valence-electron chi connectivity index (χ2n) is 5.43. The van der Waals surface area contributed by atoms with E-state index in [-0.39, 0.29) is 5.56 Å². The van der Waals surface area contributed by atoms with E-state index in [4.69, 9.17) is 0 Å². The molecule has 1 aromatic carbocycles. The monoisotopic (exact) mass is 458 g/mol. The van der Waals surface area contributed by atoms with Crippen LogP contribution in [0.3, 0.4) is 0 Å². The van der Waals surface area contributed by atoms with E-state index in [9.17, 15) is 53.1 Å². The Morgan fingerprint density at radius 1 is 1.04 bits per heavy atom. The third-order valence-corrected chi connectivity index (χ3v) is 7.99. The van der Waals surface area contributed by atoms with Crippen LogP contribution in [-0.2, 0) is 30.8 Å². The molecule has 0 atom stereocenters. The number of esters is 1. The van der Waals surface area contributed by atoms with Crippen molar-refractivity contribution in [3.8, 4) is 5.75 Å². The fourth-order valence-corrected chi connectivity index (χ4v) is 5.52. The number of aromatic hydroxyl groups is 1. The number of aryl methyl sites for hydroxylation is 1. The lowest BCUT2D eigenvalue weighted by atomic mass is 10.0. The summed E-state index contributed by atoms with van der Waals surface area (Å²) in [5.41, 5.74) is -14.3. The summed E-state index contributed by atoms with van der Waals surface area (Å²) in [6, 6.07) is 1.70. The Morgan fingerprint density at radius 2 is 1.46 bits per heavy atom. The molecule has 0 saturated heterocycles. The summed E-state index contributed by atoms with van der Waals surface area (Å²) in [4.78, 5) is 11.6. The number of sulfone groups is 2. The van der Waals surface area contributed by atoms with Gasteiger partial charge in [-0.1, -0.05) is 6.07 Å². The molecule has 0 unspecified atom stereocenters. The predicted molar refractivity (Wildman–Crippen MR) is 81.6 cm³/mol. The number of hydrogen-bond donors (Lipinski definition) is 1. The molecule has 0 aliphatic heterocycles. The largest absolute Gasteiger partial charge is 0.507 e. The Morgan fingerprint density at radius 3 is 1.82 bits per heavy atom. The van der Waals surface area contributed by atoms with E-state index >= 15 is 0 Å². The molecule has 0 bridgehead atoms. The summed E-state index contributed by atoms with van der Waals surface area (Å²) < 4.78 is 123. The van der Waals surface area contributed by atoms with Gasteiger partial charge in [0.15, 0.2) is 4.58 Å². The van der Waals surface area contributed by atoms with E-state index in [1.807, 2.05) is 0 Å². The molecule has 15 heteroatoms. The summed E-state index contributed by atoms with van der Waals surface area (Å²) in [5, 5.41) is 9.95. The molecule has 1 aromatic rings. The first-order chi connectivity index (χ1) is 12.4. The maximum Gasteiger partial charge on any atom is 0.498 e. The third kappa shape index (κ3) is 4.34. The van der Waals surface area contributed by atoms with Gasteiger partial charge in [0.1, 0.15) is 11.3 Å². The highest BCUT2D eigenvalue weighted by molar-refractivity contribution is 8.09. The van der Waals surface area contributed by atoms with E-state index in [0.29, 0.717) is 0 Å². The molecule has 28 heavy (non-hydrogen) atoms. The Bertz CT molecular complexity index is 934. The van der Waals surface area contributed by atoms with Gasteiger partial charge in [0.2, 0.25) is 0 Å². The number of phenolic OH excluding ortho intramolecular Hbond substituents is 1. The Labute approximate surface area is 154 Å². The van der Waals surface area contributed by atoms with Crippen molar-refractivity contribution in [3.63, 3.8) is 0 Å². The van der Waals surface area contributed by atoms with Crippen LogP contribution in [0.15, 0.2) is 12.1 Å². The number of carbonyl (C=O) groups excluding carboxylic acids is 1. The Kier molecular flexibility index (Phi) is 6.36. The molecular weight excluding hydrogens is 446 g/mol. The van der Waals surface area contributed by atoms with Crippen molar-refractivity contribution in [2.24, 2.45) is 0 Å². The molecule has 0 fully saturated rings. The third-order valence-electron chi connectivity index (χ3n) is 3.46. The van der Waals surface area contributed by atoms with Gasteiger partial charge in [-0.05, 0) is 24.1 Å². The first-order valence-corrected chi connectivity index (χ1v) is 9.98. The number of methoxy groups -OCH3 is 1. The minimum absolute atomic E-state index is 0.000707. The topological polar surface area (TPSA) is 115 Å². The van der Waals surface area contributed by atoms with Gasteiger partial charge in [0, 0.05) is 6.42 Å². The van der Waals surface area contributed by atoms with Gasteiger partial charge in [-0.25, -0.2) is 21.6 Å². The number of ether oxygens (including phenoxy) is 1. The van der Waals surface area contributed by atoms with Crippen molar-refractivity contribution in [2.45, 2.75) is 28.9 Å². The number of phenols is 1. The molecule has 0 saturated carbocycles. The van der Waals surface area contributed by atoms with Crippen molar-refractivity contribution >= 4 is 25.6 Å². The average Bonchev–Trinajstić information content (AvgIpc) is 2.51. The van der Waals surface area contributed by atoms with E-state index < -0.39 is 64.5 Å². The second kappa shape index (κ2) is 7.42. The second-order valence-corrected chi connectivity index (χ2v) is 9.97. The van der Waals surface area contributed by atoms with Gasteiger partial charge >= 0.3 is 17.0 Å². The zero-order valence-corrected chi connectivity index (χ0v) is 15.6. The predicted octanol–water partition coefficient (Wildman–Crippen LogP) is 2.23. The molecule has 0 amide bonds. The van der Waals surface area contributed by atoms with Gasteiger partial charge in [0.05, 0.1) is 7.11 Å². The highest BCUT2D eigenvalue weighted by atomic mass is 32.3. The first kappa shape index (κ1) is 24.0. The van der Waals surface area contributed by atoms with Crippen molar-refractivity contribution < 1.29 is 57.8 Å². The zero-order chi connectivity index (χ0) is 22.3. The van der Waals surface area contributed by atoms with E-state index in [0.717, 1.165) is 19.2 Å². The fourth-order valence-electron chi connectivity index (χ4n) is 2.14. The van der Waals surface area contributed by atoms with Crippen LogP contribution in [0.25, 0.3) is 0 Å². The van der Waals surface area contributed by atoms with Gasteiger partial charge in [0.25, 0.3) is 19.7 Å². The fraction of sp³-hybridized carbons (Fsp3) is 0.462. The lowest BCUT2D eigenvalue weighted by molar-refractivity contribution is -0.0471. The van der Waals surface area contributed by atoms with Crippen LogP contribution in [0.1, 0.15) is 21.5 Å². The summed E-state index contributed by atoms with van der Waals surface area (Å²) in [5.74, 6) is -2.45. The zero-order valence-electron chi connectivity index (χ0n) is 13.9. The number of halogens is 6. The highest BCUT2D eigenvalue weighted by Crippen LogP contribution is 2.39. The molecule has 0 radical (unpaired) electrons. The summed E-state index contributed by atoms with van der Waals surface area (Å²) in [6.07, 6.45) is -1.92. The molecular formula is C13H12F6O7S2. The van der Waals surface area contributed by atoms with E-state index in [1.54, 1.807) is 0 Å². The molecule has 0 aliphatic carbocycles. The van der Waals surface area contributed by atoms with Crippen LogP contribution in [-0.4, -0.2) is 50.6 Å². The van der Waals surface area contributed by atoms with Crippen LogP contribution in [0.2, 0.25) is 0 Å². The summed E-state index contributed by atoms with van der Waals surface area (Å²) >= 11 is 0. The van der Waals surface area contributed by atoms with Gasteiger partial charge < -0.3 is 9.84 Å². The molecule has 1 N–H and O–H groups in total. The van der Waals surface area contributed by atoms with Crippen LogP contribution in [0.5, 0.6) is 5.75 Å². The van der Waals surface area contributed by atoms with E-state index in [1.165, 1.54) is 6.92 Å². The number of hydrogen-bond acceptors (Lipinski definition) is 7. The standard InChI is InChI=1S/C13H12F6O7S2/c1-6-3-7(10(20)8(4-6)11(21)26-2)5-9(27(22,23)12(14,15)16)28(24,25)13(17,18)19/h3-4,9,20H,5H2,1-2H3. The minimum atomic E-state index is -6.88. The molecule has 0 spiro atoms. The van der Waals surface area contributed by atoms with Crippen LogP contribution >= 0.6 is 0 Å². The van der Waals surface area contributed by atoms with Crippen molar-refractivity contribution in [2.75, 3.05) is 7.11 Å². The number of rotatable bonds is 5. The van der Waals surface area contributed by atoms with Crippen LogP contribution < -0.4 is 0 Å². The maximum atomic E-state index is 12.8. The Hall–Kier alpha value is -2.03. The molecule has 160 valence electrons. The smallest absolute Gasteiger partial charge is 0.498 e. The van der Waals surface area contributed by atoms with E-state index in [2.05, 4.69) is 4.74 Å². The summed E-state index contributed by atoms with van der Waals surface area (Å²) in [6.45, 7) is 1.21. The van der Waals surface area contributed by atoms with Crippen molar-refractivity contribution in [1.29, 1.82) is 0 Å². The molecule has 7 nitrogen and oxygen atoms in total. The first-order valence-electron chi connectivity index (χ1n) is 6.89.